The normalized spacial score (nSPS) is 10.6. The Bertz CT molecular complexity index is 879. The van der Waals surface area contributed by atoms with Gasteiger partial charge in [0.2, 0.25) is 0 Å². The summed E-state index contributed by atoms with van der Waals surface area (Å²) in [6.45, 7) is 0. The lowest BCUT2D eigenvalue weighted by atomic mass is 10.2. The summed E-state index contributed by atoms with van der Waals surface area (Å²) in [4.78, 5) is 22.9. The number of aromatic nitrogens is 2. The summed E-state index contributed by atoms with van der Waals surface area (Å²) in [5, 5.41) is 3.41. The molecule has 0 aliphatic carbocycles. The van der Waals surface area contributed by atoms with Crippen molar-refractivity contribution in [2.75, 3.05) is 24.3 Å². The minimum atomic E-state index is -0.325. The van der Waals surface area contributed by atoms with Crippen LogP contribution < -0.4 is 10.2 Å². The van der Waals surface area contributed by atoms with Gasteiger partial charge < -0.3 is 10.2 Å². The lowest BCUT2D eigenvalue weighted by Gasteiger charge is -2.19. The molecule has 0 aliphatic rings. The number of rotatable bonds is 3. The second-order valence-electron chi connectivity index (χ2n) is 5.23. The SMILES string of the molecule is CN(C)c1c(Cl)cccc1NC(=O)c1cnc2ccccc2n1. The molecule has 0 aliphatic heterocycles. The number of nitrogens with one attached hydrogen (secondary N) is 1. The maximum Gasteiger partial charge on any atom is 0.275 e. The minimum Gasteiger partial charge on any atom is -0.375 e. The molecule has 0 unspecified atom stereocenters. The molecule has 1 aromatic heterocycles. The molecule has 0 spiro atoms. The van der Waals surface area contributed by atoms with E-state index in [4.69, 9.17) is 11.6 Å². The van der Waals surface area contributed by atoms with Crippen LogP contribution in [0.2, 0.25) is 5.02 Å². The molecule has 6 heteroatoms. The summed E-state index contributed by atoms with van der Waals surface area (Å²) in [6, 6.07) is 12.8. The smallest absolute Gasteiger partial charge is 0.275 e. The molecule has 23 heavy (non-hydrogen) atoms. The first-order valence-corrected chi connectivity index (χ1v) is 7.43. The fourth-order valence-electron chi connectivity index (χ4n) is 2.32. The van der Waals surface area contributed by atoms with E-state index in [2.05, 4.69) is 15.3 Å². The third-order valence-electron chi connectivity index (χ3n) is 3.36. The van der Waals surface area contributed by atoms with E-state index in [-0.39, 0.29) is 11.6 Å². The Morgan fingerprint density at radius 3 is 2.57 bits per heavy atom. The molecule has 0 saturated carbocycles. The Balaban J connectivity index is 1.93. The highest BCUT2D eigenvalue weighted by atomic mass is 35.5. The predicted octanol–water partition coefficient (Wildman–Crippen LogP) is 3.60. The summed E-state index contributed by atoms with van der Waals surface area (Å²) in [7, 11) is 3.74. The van der Waals surface area contributed by atoms with Gasteiger partial charge in [-0.3, -0.25) is 9.78 Å². The molecule has 116 valence electrons. The van der Waals surface area contributed by atoms with Crippen LogP contribution in [0.3, 0.4) is 0 Å². The van der Waals surface area contributed by atoms with Gasteiger partial charge in [-0.05, 0) is 24.3 Å². The van der Waals surface area contributed by atoms with E-state index in [1.165, 1.54) is 6.20 Å². The van der Waals surface area contributed by atoms with Crippen LogP contribution in [0.4, 0.5) is 11.4 Å². The molecular weight excluding hydrogens is 312 g/mol. The van der Waals surface area contributed by atoms with Gasteiger partial charge in [0.25, 0.3) is 5.91 Å². The minimum absolute atomic E-state index is 0.258. The molecule has 1 amide bonds. The third kappa shape index (κ3) is 3.10. The van der Waals surface area contributed by atoms with Crippen molar-refractivity contribution in [1.29, 1.82) is 0 Å². The number of para-hydroxylation sites is 3. The Kier molecular flexibility index (Phi) is 4.12. The maximum atomic E-state index is 12.5. The van der Waals surface area contributed by atoms with Gasteiger partial charge in [0.1, 0.15) is 5.69 Å². The Hall–Kier alpha value is -2.66. The summed E-state index contributed by atoms with van der Waals surface area (Å²) in [5.74, 6) is -0.325. The first-order valence-electron chi connectivity index (χ1n) is 7.05. The fourth-order valence-corrected chi connectivity index (χ4v) is 2.67. The molecule has 2 aromatic carbocycles. The third-order valence-corrected chi connectivity index (χ3v) is 3.67. The van der Waals surface area contributed by atoms with Crippen molar-refractivity contribution in [1.82, 2.24) is 9.97 Å². The van der Waals surface area contributed by atoms with Gasteiger partial charge in [-0.25, -0.2) is 4.98 Å². The van der Waals surface area contributed by atoms with Crippen LogP contribution in [0, 0.1) is 0 Å². The van der Waals surface area contributed by atoms with Crippen LogP contribution in [0.1, 0.15) is 10.5 Å². The zero-order chi connectivity index (χ0) is 16.4. The van der Waals surface area contributed by atoms with Crippen LogP contribution in [-0.2, 0) is 0 Å². The highest BCUT2D eigenvalue weighted by molar-refractivity contribution is 6.34. The van der Waals surface area contributed by atoms with E-state index in [0.717, 1.165) is 11.2 Å². The number of fused-ring (bicyclic) bond motifs is 1. The second kappa shape index (κ2) is 6.22. The quantitative estimate of drug-likeness (QED) is 0.799. The van der Waals surface area contributed by atoms with Gasteiger partial charge in [0.05, 0.1) is 33.6 Å². The molecule has 5 nitrogen and oxygen atoms in total. The van der Waals surface area contributed by atoms with Crippen molar-refractivity contribution < 1.29 is 4.79 Å². The zero-order valence-electron chi connectivity index (χ0n) is 12.7. The van der Waals surface area contributed by atoms with E-state index in [0.29, 0.717) is 16.2 Å². The average Bonchev–Trinajstić information content (AvgIpc) is 2.54. The van der Waals surface area contributed by atoms with E-state index in [9.17, 15) is 4.79 Å². The van der Waals surface area contributed by atoms with Crippen molar-refractivity contribution in [2.24, 2.45) is 0 Å². The van der Waals surface area contributed by atoms with Crippen molar-refractivity contribution >= 4 is 39.9 Å². The Labute approximate surface area is 138 Å². The van der Waals surface area contributed by atoms with Gasteiger partial charge in [-0.15, -0.1) is 0 Å². The van der Waals surface area contributed by atoms with Gasteiger partial charge >= 0.3 is 0 Å². The van der Waals surface area contributed by atoms with E-state index in [1.807, 2.05) is 43.3 Å². The van der Waals surface area contributed by atoms with E-state index >= 15 is 0 Å². The molecule has 3 aromatic rings. The van der Waals surface area contributed by atoms with Crippen LogP contribution in [0.25, 0.3) is 11.0 Å². The number of carbonyl (C=O) groups is 1. The van der Waals surface area contributed by atoms with Gasteiger partial charge in [0.15, 0.2) is 0 Å². The number of halogens is 1. The number of hydrogen-bond donors (Lipinski definition) is 1. The van der Waals surface area contributed by atoms with Crippen molar-refractivity contribution in [3.63, 3.8) is 0 Å². The molecule has 0 radical (unpaired) electrons. The number of amides is 1. The van der Waals surface area contributed by atoms with Crippen LogP contribution >= 0.6 is 11.6 Å². The lowest BCUT2D eigenvalue weighted by molar-refractivity contribution is 0.102. The highest BCUT2D eigenvalue weighted by Crippen LogP contribution is 2.32. The van der Waals surface area contributed by atoms with Gasteiger partial charge in [0, 0.05) is 14.1 Å². The second-order valence-corrected chi connectivity index (χ2v) is 5.64. The van der Waals surface area contributed by atoms with Crippen molar-refractivity contribution in [3.8, 4) is 0 Å². The summed E-state index contributed by atoms with van der Waals surface area (Å²) in [5.41, 5.74) is 3.06. The van der Waals surface area contributed by atoms with Crippen LogP contribution in [-0.4, -0.2) is 30.0 Å². The van der Waals surface area contributed by atoms with E-state index in [1.54, 1.807) is 18.2 Å². The Morgan fingerprint density at radius 2 is 1.83 bits per heavy atom. The Morgan fingerprint density at radius 1 is 1.09 bits per heavy atom. The van der Waals surface area contributed by atoms with Gasteiger partial charge in [-0.1, -0.05) is 29.8 Å². The molecular formula is C17H15ClN4O. The summed E-state index contributed by atoms with van der Waals surface area (Å²) in [6.07, 6.45) is 1.47. The lowest BCUT2D eigenvalue weighted by Crippen LogP contribution is -2.18. The predicted molar refractivity (Wildman–Crippen MR) is 93.3 cm³/mol. The monoisotopic (exact) mass is 326 g/mol. The average molecular weight is 327 g/mol. The first-order chi connectivity index (χ1) is 11.1. The van der Waals surface area contributed by atoms with E-state index < -0.39 is 0 Å². The molecule has 3 rings (SSSR count). The summed E-state index contributed by atoms with van der Waals surface area (Å²) >= 11 is 6.21. The highest BCUT2D eigenvalue weighted by Gasteiger charge is 2.14. The molecule has 0 fully saturated rings. The van der Waals surface area contributed by atoms with Crippen LogP contribution in [0.5, 0.6) is 0 Å². The number of nitrogens with zero attached hydrogens (tertiary/aromatic N) is 3. The number of carbonyl (C=O) groups excluding carboxylic acids is 1. The molecule has 1 N–H and O–H groups in total. The largest absolute Gasteiger partial charge is 0.375 e. The molecule has 0 bridgehead atoms. The number of anilines is 2. The fraction of sp³-hybridized carbons (Fsp3) is 0.118. The van der Waals surface area contributed by atoms with Crippen LogP contribution in [0.15, 0.2) is 48.7 Å². The molecule has 1 heterocycles. The first kappa shape index (κ1) is 15.2. The van der Waals surface area contributed by atoms with Crippen molar-refractivity contribution in [2.45, 2.75) is 0 Å². The summed E-state index contributed by atoms with van der Waals surface area (Å²) < 4.78 is 0. The standard InChI is InChI=1S/C17H15ClN4O/c1-22(2)16-11(18)6-5-9-14(16)21-17(23)15-10-19-12-7-3-4-8-13(12)20-15/h3-10H,1-2H3,(H,21,23). The molecule has 0 saturated heterocycles. The zero-order valence-corrected chi connectivity index (χ0v) is 13.5. The number of benzene rings is 2. The van der Waals surface area contributed by atoms with Gasteiger partial charge in [-0.2, -0.15) is 0 Å². The number of hydrogen-bond acceptors (Lipinski definition) is 4. The topological polar surface area (TPSA) is 58.1 Å². The molecule has 0 atom stereocenters. The maximum absolute atomic E-state index is 12.5. The van der Waals surface area contributed by atoms with Crippen molar-refractivity contribution in [3.05, 3.63) is 59.4 Å².